The summed E-state index contributed by atoms with van der Waals surface area (Å²) >= 11 is 0. The van der Waals surface area contributed by atoms with Gasteiger partial charge in [0, 0.05) is 24.6 Å². The van der Waals surface area contributed by atoms with Gasteiger partial charge < -0.3 is 10.1 Å². The topological polar surface area (TPSA) is 82.3 Å². The van der Waals surface area contributed by atoms with E-state index >= 15 is 0 Å². The Kier molecular flexibility index (Phi) is 7.07. The molecule has 0 saturated carbocycles. The fourth-order valence-electron chi connectivity index (χ4n) is 3.14. The number of hydrogen-bond donors (Lipinski definition) is 1. The molecule has 7 nitrogen and oxygen atoms in total. The van der Waals surface area contributed by atoms with E-state index in [9.17, 15) is 14.4 Å². The highest BCUT2D eigenvalue weighted by atomic mass is 16.5. The second-order valence-corrected chi connectivity index (χ2v) is 7.51. The van der Waals surface area contributed by atoms with Crippen molar-refractivity contribution in [1.29, 1.82) is 0 Å². The molecule has 0 aliphatic rings. The summed E-state index contributed by atoms with van der Waals surface area (Å²) < 4.78 is 7.76. The molecule has 3 rings (SSSR count). The number of ether oxygens (including phenoxy) is 1. The van der Waals surface area contributed by atoms with Gasteiger partial charge in [0.15, 0.2) is 0 Å². The average Bonchev–Trinajstić information content (AvgIpc) is 2.77. The van der Waals surface area contributed by atoms with Gasteiger partial charge in [-0.1, -0.05) is 38.1 Å². The molecule has 3 aromatic rings. The highest BCUT2D eigenvalue weighted by Gasteiger charge is 2.10. The van der Waals surface area contributed by atoms with Crippen LogP contribution in [-0.2, 0) is 17.9 Å². The lowest BCUT2D eigenvalue weighted by Gasteiger charge is -2.11. The van der Waals surface area contributed by atoms with Crippen LogP contribution in [0.3, 0.4) is 0 Å². The molecule has 1 amide bonds. The van der Waals surface area contributed by atoms with E-state index in [0.717, 1.165) is 10.1 Å². The maximum atomic E-state index is 12.5. The molecular formula is C24H27N3O4. The molecule has 0 aliphatic heterocycles. The summed E-state index contributed by atoms with van der Waals surface area (Å²) in [6.45, 7) is 6.81. The van der Waals surface area contributed by atoms with Gasteiger partial charge in [-0.3, -0.25) is 23.5 Å². The van der Waals surface area contributed by atoms with Crippen LogP contribution in [0.4, 0.5) is 0 Å². The molecule has 0 spiro atoms. The summed E-state index contributed by atoms with van der Waals surface area (Å²) in [5.41, 5.74) is 1.27. The molecule has 1 heterocycles. The van der Waals surface area contributed by atoms with E-state index in [1.54, 1.807) is 24.3 Å². The van der Waals surface area contributed by atoms with Crippen LogP contribution >= 0.6 is 0 Å². The molecule has 2 aromatic carbocycles. The van der Waals surface area contributed by atoms with E-state index in [2.05, 4.69) is 19.2 Å². The van der Waals surface area contributed by atoms with Crippen LogP contribution in [0.25, 0.3) is 5.69 Å². The van der Waals surface area contributed by atoms with Crippen LogP contribution in [0.5, 0.6) is 5.75 Å². The molecule has 7 heteroatoms. The van der Waals surface area contributed by atoms with Crippen LogP contribution in [0.1, 0.15) is 37.8 Å². The van der Waals surface area contributed by atoms with Crippen molar-refractivity contribution in [3.8, 4) is 11.4 Å². The molecule has 0 fully saturated rings. The lowest BCUT2D eigenvalue weighted by molar-refractivity contribution is -0.121. The van der Waals surface area contributed by atoms with Gasteiger partial charge in [0.05, 0.1) is 6.61 Å². The fourth-order valence-corrected chi connectivity index (χ4v) is 3.14. The van der Waals surface area contributed by atoms with Crippen molar-refractivity contribution in [1.82, 2.24) is 14.5 Å². The second-order valence-electron chi connectivity index (χ2n) is 7.51. The zero-order chi connectivity index (χ0) is 22.4. The number of benzene rings is 2. The van der Waals surface area contributed by atoms with Gasteiger partial charge in [0.1, 0.15) is 12.3 Å². The van der Waals surface area contributed by atoms with Crippen molar-refractivity contribution in [2.45, 2.75) is 39.8 Å². The minimum atomic E-state index is -0.757. The molecule has 0 saturated heterocycles. The van der Waals surface area contributed by atoms with Gasteiger partial charge in [0.2, 0.25) is 5.91 Å². The van der Waals surface area contributed by atoms with Crippen molar-refractivity contribution in [3.05, 3.63) is 92.8 Å². The predicted octanol–water partition coefficient (Wildman–Crippen LogP) is 2.84. The summed E-state index contributed by atoms with van der Waals surface area (Å²) in [4.78, 5) is 37.3. The minimum absolute atomic E-state index is 0.220. The Hall–Kier alpha value is -3.61. The second kappa shape index (κ2) is 9.93. The lowest BCUT2D eigenvalue weighted by atomic mass is 10.0. The Morgan fingerprint density at radius 3 is 2.26 bits per heavy atom. The third-order valence-electron chi connectivity index (χ3n) is 4.93. The van der Waals surface area contributed by atoms with E-state index in [4.69, 9.17) is 4.74 Å². The lowest BCUT2D eigenvalue weighted by Crippen LogP contribution is -2.42. The molecular weight excluding hydrogens is 394 g/mol. The number of hydrogen-bond acceptors (Lipinski definition) is 4. The number of nitrogens with zero attached hydrogens (tertiary/aromatic N) is 2. The third-order valence-corrected chi connectivity index (χ3v) is 4.93. The number of rotatable bonds is 8. The molecule has 0 atom stereocenters. The van der Waals surface area contributed by atoms with E-state index < -0.39 is 11.1 Å². The van der Waals surface area contributed by atoms with Gasteiger partial charge >= 0.3 is 11.1 Å². The highest BCUT2D eigenvalue weighted by Crippen LogP contribution is 2.15. The number of amides is 1. The van der Waals surface area contributed by atoms with Crippen LogP contribution in [-0.4, -0.2) is 21.6 Å². The Balaban J connectivity index is 1.66. The summed E-state index contributed by atoms with van der Waals surface area (Å²) in [6, 6.07) is 14.9. The Morgan fingerprint density at radius 2 is 1.65 bits per heavy atom. The highest BCUT2D eigenvalue weighted by molar-refractivity contribution is 5.75. The molecule has 0 bridgehead atoms. The summed E-state index contributed by atoms with van der Waals surface area (Å²) in [6.07, 6.45) is 2.93. The largest absolute Gasteiger partial charge is 0.494 e. The number of aromatic nitrogens is 2. The van der Waals surface area contributed by atoms with Crippen LogP contribution < -0.4 is 21.2 Å². The third kappa shape index (κ3) is 5.51. The van der Waals surface area contributed by atoms with Gasteiger partial charge in [-0.15, -0.1) is 0 Å². The SMILES string of the molecule is CCOc1ccc(-n2ccn(CC(=O)NCc3ccc(C(C)C)cc3)c(=O)c2=O)cc1. The summed E-state index contributed by atoms with van der Waals surface area (Å²) in [5, 5.41) is 2.79. The van der Waals surface area contributed by atoms with Crippen LogP contribution in [0, 0.1) is 0 Å². The Labute approximate surface area is 180 Å². The molecule has 0 unspecified atom stereocenters. The first-order valence-electron chi connectivity index (χ1n) is 10.3. The normalized spacial score (nSPS) is 10.8. The van der Waals surface area contributed by atoms with Gasteiger partial charge in [-0.2, -0.15) is 0 Å². The van der Waals surface area contributed by atoms with E-state index in [1.165, 1.54) is 22.5 Å². The maximum absolute atomic E-state index is 12.5. The molecule has 162 valence electrons. The zero-order valence-electron chi connectivity index (χ0n) is 18.0. The number of carbonyl (C=O) groups is 1. The minimum Gasteiger partial charge on any atom is -0.494 e. The predicted molar refractivity (Wildman–Crippen MR) is 120 cm³/mol. The average molecular weight is 421 g/mol. The van der Waals surface area contributed by atoms with E-state index in [-0.39, 0.29) is 12.5 Å². The van der Waals surface area contributed by atoms with Gasteiger partial charge in [-0.25, -0.2) is 0 Å². The van der Waals surface area contributed by atoms with Gasteiger partial charge in [-0.05, 0) is 48.2 Å². The van der Waals surface area contributed by atoms with E-state index in [0.29, 0.717) is 30.5 Å². The first kappa shape index (κ1) is 22.1. The van der Waals surface area contributed by atoms with Gasteiger partial charge in [0.25, 0.3) is 0 Å². The van der Waals surface area contributed by atoms with Crippen molar-refractivity contribution in [2.75, 3.05) is 6.61 Å². The van der Waals surface area contributed by atoms with Crippen LogP contribution in [0.2, 0.25) is 0 Å². The molecule has 1 N–H and O–H groups in total. The van der Waals surface area contributed by atoms with Crippen molar-refractivity contribution < 1.29 is 9.53 Å². The first-order valence-corrected chi connectivity index (χ1v) is 10.3. The molecule has 1 aromatic heterocycles. The fraction of sp³-hybridized carbons (Fsp3) is 0.292. The zero-order valence-corrected chi connectivity index (χ0v) is 18.0. The van der Waals surface area contributed by atoms with Crippen molar-refractivity contribution >= 4 is 5.91 Å². The van der Waals surface area contributed by atoms with Crippen molar-refractivity contribution in [2.24, 2.45) is 0 Å². The molecule has 0 aliphatic carbocycles. The Bertz CT molecular complexity index is 1140. The monoisotopic (exact) mass is 421 g/mol. The van der Waals surface area contributed by atoms with Crippen molar-refractivity contribution in [3.63, 3.8) is 0 Å². The summed E-state index contributed by atoms with van der Waals surface area (Å²) in [5.74, 6) is 0.789. The molecule has 31 heavy (non-hydrogen) atoms. The molecule has 0 radical (unpaired) electrons. The smallest absolute Gasteiger partial charge is 0.320 e. The quantitative estimate of drug-likeness (QED) is 0.567. The number of nitrogens with one attached hydrogen (secondary N) is 1. The summed E-state index contributed by atoms with van der Waals surface area (Å²) in [7, 11) is 0. The Morgan fingerprint density at radius 1 is 0.968 bits per heavy atom. The standard InChI is InChI=1S/C24H27N3O4/c1-4-31-21-11-9-20(10-12-21)27-14-13-26(23(29)24(27)30)16-22(28)25-15-18-5-7-19(8-6-18)17(2)3/h5-14,17H,4,15-16H2,1-3H3,(H,25,28). The maximum Gasteiger partial charge on any atom is 0.320 e. The van der Waals surface area contributed by atoms with Crippen LogP contribution in [0.15, 0.2) is 70.5 Å². The first-order chi connectivity index (χ1) is 14.9. The van der Waals surface area contributed by atoms with E-state index in [1.807, 2.05) is 31.2 Å². The number of carbonyl (C=O) groups excluding carboxylic acids is 1.